The first-order valence-corrected chi connectivity index (χ1v) is 23.8. The van der Waals surface area contributed by atoms with Crippen molar-refractivity contribution in [2.45, 2.75) is 0 Å². The van der Waals surface area contributed by atoms with Crippen molar-refractivity contribution in [3.8, 4) is 66.8 Å². The van der Waals surface area contributed by atoms with E-state index in [1.54, 1.807) is 0 Å². The van der Waals surface area contributed by atoms with E-state index >= 15 is 0 Å². The Balaban J connectivity index is 0.995. The van der Waals surface area contributed by atoms with Gasteiger partial charge < -0.3 is 0 Å². The largest absolute Gasteiger partial charge is 0.135 e. The SMILES string of the molecule is c1ccc(-c2ccc3sc4ccc(-c5cc(-c6ccc7sc8ccc(-c9ccccc9)cc8c7c6)cc(-c6ccc7sc8ccc(-c9ccccc9)cc8c7c6)c5)cc4c3c2)cc1. The Morgan fingerprint density at radius 3 is 0.587 bits per heavy atom. The van der Waals surface area contributed by atoms with Gasteiger partial charge in [0.05, 0.1) is 0 Å². The van der Waals surface area contributed by atoms with Gasteiger partial charge in [-0.2, -0.15) is 0 Å². The third-order valence-corrected chi connectivity index (χ3v) is 16.1. The Morgan fingerprint density at radius 1 is 0.159 bits per heavy atom. The van der Waals surface area contributed by atoms with Crippen LogP contribution < -0.4 is 0 Å². The Hall–Kier alpha value is -7.14. The van der Waals surface area contributed by atoms with Gasteiger partial charge in [-0.05, 0) is 158 Å². The summed E-state index contributed by atoms with van der Waals surface area (Å²) in [4.78, 5) is 0. The highest BCUT2D eigenvalue weighted by Gasteiger charge is 2.15. The molecule has 13 rings (SSSR count). The van der Waals surface area contributed by atoms with Gasteiger partial charge in [-0.3, -0.25) is 0 Å². The van der Waals surface area contributed by atoms with Crippen molar-refractivity contribution in [2.75, 3.05) is 0 Å². The number of hydrogen-bond acceptors (Lipinski definition) is 3. The molecule has 0 saturated heterocycles. The summed E-state index contributed by atoms with van der Waals surface area (Å²) in [5, 5.41) is 7.84. The van der Waals surface area contributed by atoms with Gasteiger partial charge in [0.15, 0.2) is 0 Å². The number of benzene rings is 10. The van der Waals surface area contributed by atoms with E-state index in [1.807, 2.05) is 34.0 Å². The lowest BCUT2D eigenvalue weighted by Gasteiger charge is -2.12. The van der Waals surface area contributed by atoms with E-state index in [4.69, 9.17) is 0 Å². The van der Waals surface area contributed by atoms with Crippen LogP contribution in [0.5, 0.6) is 0 Å². The number of rotatable bonds is 6. The molecular formula is C60H36S3. The number of thiophene rings is 3. The summed E-state index contributed by atoms with van der Waals surface area (Å²) in [6, 6.07) is 81.4. The number of hydrogen-bond donors (Lipinski definition) is 0. The molecule has 0 saturated carbocycles. The van der Waals surface area contributed by atoms with Crippen LogP contribution in [0.15, 0.2) is 218 Å². The van der Waals surface area contributed by atoms with Gasteiger partial charge >= 0.3 is 0 Å². The molecule has 3 aromatic heterocycles. The molecule has 294 valence electrons. The summed E-state index contributed by atoms with van der Waals surface area (Å²) in [7, 11) is 0. The van der Waals surface area contributed by atoms with Gasteiger partial charge in [0.2, 0.25) is 0 Å². The summed E-state index contributed by atoms with van der Waals surface area (Å²) in [5.74, 6) is 0. The zero-order chi connectivity index (χ0) is 41.4. The van der Waals surface area contributed by atoms with E-state index in [1.165, 1.54) is 127 Å². The Morgan fingerprint density at radius 2 is 0.365 bits per heavy atom. The highest BCUT2D eigenvalue weighted by Crippen LogP contribution is 2.44. The number of fused-ring (bicyclic) bond motifs is 9. The van der Waals surface area contributed by atoms with Crippen LogP contribution in [0.3, 0.4) is 0 Å². The molecule has 0 fully saturated rings. The second kappa shape index (κ2) is 14.8. The quantitative estimate of drug-likeness (QED) is 0.156. The average Bonchev–Trinajstić information content (AvgIpc) is 4.04. The maximum Gasteiger partial charge on any atom is 0.0355 e. The van der Waals surface area contributed by atoms with E-state index in [9.17, 15) is 0 Å². The zero-order valence-electron chi connectivity index (χ0n) is 34.0. The van der Waals surface area contributed by atoms with Crippen LogP contribution in [-0.2, 0) is 0 Å². The predicted molar refractivity (Wildman–Crippen MR) is 278 cm³/mol. The molecule has 0 amide bonds. The molecule has 0 radical (unpaired) electrons. The van der Waals surface area contributed by atoms with Crippen LogP contribution in [0.2, 0.25) is 0 Å². The minimum atomic E-state index is 1.21. The maximum atomic E-state index is 2.42. The first kappa shape index (κ1) is 36.5. The summed E-state index contributed by atoms with van der Waals surface area (Å²) in [5.41, 5.74) is 14.8. The van der Waals surface area contributed by atoms with Gasteiger partial charge in [0.25, 0.3) is 0 Å². The van der Waals surface area contributed by atoms with Crippen LogP contribution in [0, 0.1) is 0 Å². The standard InChI is InChI=1S/C60H36S3/c1-4-10-37(11-5-1)40-16-22-55-49(31-40)52-34-43(19-25-58(52)61-55)46-28-47(44-20-26-59-53(35-44)50-32-41(17-23-56(50)62-59)38-12-6-2-7-13-38)30-48(29-46)45-21-27-60-54(36-45)51-33-42(18-24-57(51)63-60)39-14-8-3-9-15-39/h1-36H. The van der Waals surface area contributed by atoms with Crippen LogP contribution in [0.25, 0.3) is 127 Å². The van der Waals surface area contributed by atoms with E-state index in [-0.39, 0.29) is 0 Å². The Kier molecular flexibility index (Phi) is 8.55. The van der Waals surface area contributed by atoms with Crippen molar-refractivity contribution in [2.24, 2.45) is 0 Å². The molecule has 3 heteroatoms. The fourth-order valence-corrected chi connectivity index (χ4v) is 12.6. The molecule has 13 aromatic rings. The van der Waals surface area contributed by atoms with Gasteiger partial charge in [0, 0.05) is 60.5 Å². The van der Waals surface area contributed by atoms with Crippen LogP contribution in [-0.4, -0.2) is 0 Å². The minimum absolute atomic E-state index is 1.21. The molecule has 0 aliphatic heterocycles. The van der Waals surface area contributed by atoms with Crippen LogP contribution in [0.1, 0.15) is 0 Å². The first-order chi connectivity index (χ1) is 31.1. The van der Waals surface area contributed by atoms with Crippen molar-refractivity contribution in [3.05, 3.63) is 218 Å². The third-order valence-electron chi connectivity index (χ3n) is 12.7. The van der Waals surface area contributed by atoms with Gasteiger partial charge in [0.1, 0.15) is 0 Å². The van der Waals surface area contributed by atoms with Crippen molar-refractivity contribution in [1.82, 2.24) is 0 Å². The normalized spacial score (nSPS) is 11.8. The zero-order valence-corrected chi connectivity index (χ0v) is 36.5. The molecule has 0 atom stereocenters. The monoisotopic (exact) mass is 852 g/mol. The van der Waals surface area contributed by atoms with Gasteiger partial charge in [-0.15, -0.1) is 34.0 Å². The summed E-state index contributed by atoms with van der Waals surface area (Å²) >= 11 is 5.63. The van der Waals surface area contributed by atoms with Crippen molar-refractivity contribution in [3.63, 3.8) is 0 Å². The minimum Gasteiger partial charge on any atom is -0.135 e. The van der Waals surface area contributed by atoms with Crippen molar-refractivity contribution in [1.29, 1.82) is 0 Å². The molecule has 0 nitrogen and oxygen atoms in total. The predicted octanol–water partition coefficient (Wildman–Crippen LogP) is 18.8. The highest BCUT2D eigenvalue weighted by atomic mass is 32.1. The first-order valence-electron chi connectivity index (χ1n) is 21.4. The molecule has 0 spiro atoms. The molecule has 0 aliphatic rings. The lowest BCUT2D eigenvalue weighted by Crippen LogP contribution is -1.87. The molecule has 0 N–H and O–H groups in total. The fraction of sp³-hybridized carbons (Fsp3) is 0. The van der Waals surface area contributed by atoms with E-state index in [2.05, 4.69) is 218 Å². The van der Waals surface area contributed by atoms with E-state index < -0.39 is 0 Å². The lowest BCUT2D eigenvalue weighted by atomic mass is 9.91. The molecule has 0 bridgehead atoms. The van der Waals surface area contributed by atoms with Crippen molar-refractivity contribution < 1.29 is 0 Å². The van der Waals surface area contributed by atoms with E-state index in [0.29, 0.717) is 0 Å². The fourth-order valence-electron chi connectivity index (χ4n) is 9.43. The van der Waals surface area contributed by atoms with Gasteiger partial charge in [-0.25, -0.2) is 0 Å². The molecule has 63 heavy (non-hydrogen) atoms. The lowest BCUT2D eigenvalue weighted by molar-refractivity contribution is 1.60. The Labute approximate surface area is 377 Å². The second-order valence-electron chi connectivity index (χ2n) is 16.5. The van der Waals surface area contributed by atoms with Crippen LogP contribution in [0.4, 0.5) is 0 Å². The van der Waals surface area contributed by atoms with Crippen molar-refractivity contribution >= 4 is 94.5 Å². The van der Waals surface area contributed by atoms with Gasteiger partial charge in [-0.1, -0.05) is 127 Å². The topological polar surface area (TPSA) is 0 Å². The summed E-state index contributed by atoms with van der Waals surface area (Å²) in [6.45, 7) is 0. The summed E-state index contributed by atoms with van der Waals surface area (Å²) < 4.78 is 7.87. The molecular weight excluding hydrogens is 817 g/mol. The molecule has 0 aliphatic carbocycles. The Bertz CT molecular complexity index is 3470. The molecule has 0 unspecified atom stereocenters. The summed E-state index contributed by atoms with van der Waals surface area (Å²) in [6.07, 6.45) is 0. The van der Waals surface area contributed by atoms with Crippen LogP contribution >= 0.6 is 34.0 Å². The molecule has 3 heterocycles. The van der Waals surface area contributed by atoms with E-state index in [0.717, 1.165) is 0 Å². The smallest absolute Gasteiger partial charge is 0.0355 e. The highest BCUT2D eigenvalue weighted by molar-refractivity contribution is 7.26. The maximum absolute atomic E-state index is 2.42. The average molecular weight is 853 g/mol. The molecule has 10 aromatic carbocycles. The second-order valence-corrected chi connectivity index (χ2v) is 19.7. The third kappa shape index (κ3) is 6.39.